The fourth-order valence-electron chi connectivity index (χ4n) is 0.931. The monoisotopic (exact) mass is 156 g/mol. The molecule has 0 aliphatic rings. The van der Waals surface area contributed by atoms with E-state index in [1.54, 1.807) is 0 Å². The summed E-state index contributed by atoms with van der Waals surface area (Å²) in [6, 6.07) is 0.00184. The van der Waals surface area contributed by atoms with Crippen LogP contribution in [0.2, 0.25) is 0 Å². The second-order valence-electron chi connectivity index (χ2n) is 2.60. The van der Waals surface area contributed by atoms with Gasteiger partial charge in [-0.25, -0.2) is 0 Å². The average Bonchev–Trinajstić information content (AvgIpc) is 2.16. The molecule has 0 aliphatic carbocycles. The summed E-state index contributed by atoms with van der Waals surface area (Å²) in [6.07, 6.45) is 6.67. The second kappa shape index (κ2) is 9.41. The van der Waals surface area contributed by atoms with Crippen LogP contribution in [0.1, 0.15) is 48.2 Å². The third-order valence-corrected chi connectivity index (χ3v) is 1.57. The molecule has 0 aromatic rings. The topological polar surface area (TPSA) is 17.1 Å². The molecule has 0 spiro atoms. The second-order valence-corrected chi connectivity index (χ2v) is 2.60. The standard InChI is InChI=1S/C10H18O/c1-2-3-4-5-6-7-8-9-10-11/h8-10H,2-7H2,1H3/b9-8+/i8D,9D. The molecule has 0 aliphatic heterocycles. The highest BCUT2D eigenvalue weighted by Gasteiger charge is 1.85. The van der Waals surface area contributed by atoms with Crippen LogP contribution in [0.15, 0.2) is 12.1 Å². The average molecular weight is 156 g/mol. The molecule has 0 radical (unpaired) electrons. The predicted octanol–water partition coefficient (Wildman–Crippen LogP) is 3.10. The molecular weight excluding hydrogens is 136 g/mol. The van der Waals surface area contributed by atoms with Crippen LogP contribution in [0.4, 0.5) is 0 Å². The molecule has 0 saturated carbocycles. The van der Waals surface area contributed by atoms with Gasteiger partial charge in [-0.1, -0.05) is 38.7 Å². The molecule has 0 amide bonds. The number of carbonyl (C=O) groups excluding carboxylic acids is 1. The van der Waals surface area contributed by atoms with Crippen LogP contribution in [0, 0.1) is 0 Å². The van der Waals surface area contributed by atoms with Crippen LogP contribution in [0.3, 0.4) is 0 Å². The Morgan fingerprint density at radius 3 is 2.64 bits per heavy atom. The number of aldehydes is 1. The first kappa shape index (κ1) is 7.08. The number of hydrogen-bond acceptors (Lipinski definition) is 1. The van der Waals surface area contributed by atoms with Crippen LogP contribution in [0.25, 0.3) is 0 Å². The highest BCUT2D eigenvalue weighted by Crippen LogP contribution is 2.04. The van der Waals surface area contributed by atoms with Crippen molar-refractivity contribution in [1.29, 1.82) is 0 Å². The largest absolute Gasteiger partial charge is 0.299 e. The smallest absolute Gasteiger partial charge is 0.142 e. The Balaban J connectivity index is 3.47. The van der Waals surface area contributed by atoms with E-state index in [1.165, 1.54) is 19.3 Å². The predicted molar refractivity (Wildman–Crippen MR) is 48.6 cm³/mol. The van der Waals surface area contributed by atoms with E-state index in [9.17, 15) is 4.79 Å². The maximum absolute atomic E-state index is 10.1. The Bertz CT molecular complexity index is 176. The third-order valence-electron chi connectivity index (χ3n) is 1.57. The quantitative estimate of drug-likeness (QED) is 0.314. The molecule has 1 nitrogen and oxygen atoms in total. The fourth-order valence-corrected chi connectivity index (χ4v) is 0.931. The number of rotatable bonds is 7. The molecule has 0 bridgehead atoms. The Morgan fingerprint density at radius 1 is 1.27 bits per heavy atom. The fraction of sp³-hybridized carbons (Fsp3) is 0.700. The zero-order chi connectivity index (χ0) is 10.1. The van der Waals surface area contributed by atoms with Gasteiger partial charge in [0.15, 0.2) is 0 Å². The van der Waals surface area contributed by atoms with Crippen LogP contribution in [0.5, 0.6) is 0 Å². The van der Waals surface area contributed by atoms with Gasteiger partial charge in [-0.2, -0.15) is 0 Å². The SMILES string of the molecule is [2H]/C(C=O)=C(/[2H])CCCCCCC. The van der Waals surface area contributed by atoms with Crippen molar-refractivity contribution in [3.63, 3.8) is 0 Å². The van der Waals surface area contributed by atoms with E-state index in [2.05, 4.69) is 6.92 Å². The lowest BCUT2D eigenvalue weighted by Crippen LogP contribution is -1.75. The summed E-state index contributed by atoms with van der Waals surface area (Å²) in [5.74, 6) is 0. The molecular formula is C10H18O. The zero-order valence-corrected chi connectivity index (χ0v) is 7.23. The number of carbonyl (C=O) groups is 1. The molecule has 11 heavy (non-hydrogen) atoms. The van der Waals surface area contributed by atoms with Crippen molar-refractivity contribution < 1.29 is 7.54 Å². The maximum atomic E-state index is 10.1. The lowest BCUT2D eigenvalue weighted by Gasteiger charge is -1.94. The van der Waals surface area contributed by atoms with Gasteiger partial charge in [0, 0.05) is 0 Å². The van der Waals surface area contributed by atoms with Crippen LogP contribution in [-0.4, -0.2) is 6.29 Å². The van der Waals surface area contributed by atoms with E-state index in [-0.39, 0.29) is 12.1 Å². The molecule has 0 saturated heterocycles. The van der Waals surface area contributed by atoms with Crippen LogP contribution in [-0.2, 0) is 4.79 Å². The van der Waals surface area contributed by atoms with Gasteiger partial charge in [-0.3, -0.25) is 4.79 Å². The number of allylic oxidation sites excluding steroid dienone is 2. The summed E-state index contributed by atoms with van der Waals surface area (Å²) in [5.41, 5.74) is 0. The Kier molecular flexibility index (Phi) is 6.06. The van der Waals surface area contributed by atoms with Gasteiger partial charge in [0.05, 0.1) is 2.74 Å². The summed E-state index contributed by atoms with van der Waals surface area (Å²) in [4.78, 5) is 10.1. The molecule has 64 valence electrons. The molecule has 0 unspecified atom stereocenters. The first-order valence-electron chi connectivity index (χ1n) is 5.34. The summed E-state index contributed by atoms with van der Waals surface area (Å²) in [7, 11) is 0. The summed E-state index contributed by atoms with van der Waals surface area (Å²) in [5, 5.41) is 0. The molecule has 1 heteroatoms. The Labute approximate surface area is 72.3 Å². The summed E-state index contributed by atoms with van der Waals surface area (Å²) in [6.45, 7) is 2.16. The molecule has 0 heterocycles. The molecule has 0 rings (SSSR count). The van der Waals surface area contributed by atoms with Gasteiger partial charge in [-0.05, 0) is 18.9 Å². The highest BCUT2D eigenvalue weighted by atomic mass is 16.1. The van der Waals surface area contributed by atoms with Crippen molar-refractivity contribution >= 4 is 6.29 Å². The maximum Gasteiger partial charge on any atom is 0.142 e. The van der Waals surface area contributed by atoms with Crippen molar-refractivity contribution in [2.75, 3.05) is 0 Å². The minimum atomic E-state index is -0.171. The summed E-state index contributed by atoms with van der Waals surface area (Å²) < 4.78 is 14.4. The van der Waals surface area contributed by atoms with Gasteiger partial charge in [0.1, 0.15) is 6.29 Å². The normalized spacial score (nSPS) is 15.0. The third kappa shape index (κ3) is 9.41. The highest BCUT2D eigenvalue weighted by molar-refractivity contribution is 5.64. The Morgan fingerprint density at radius 2 is 2.00 bits per heavy atom. The van der Waals surface area contributed by atoms with E-state index in [0.29, 0.717) is 12.7 Å². The zero-order valence-electron chi connectivity index (χ0n) is 9.23. The van der Waals surface area contributed by atoms with Crippen molar-refractivity contribution in [3.05, 3.63) is 12.1 Å². The minimum Gasteiger partial charge on any atom is -0.299 e. The van der Waals surface area contributed by atoms with Gasteiger partial charge < -0.3 is 0 Å². The van der Waals surface area contributed by atoms with E-state index < -0.39 is 0 Å². The van der Waals surface area contributed by atoms with Gasteiger partial charge in [0.25, 0.3) is 0 Å². The molecule has 0 aromatic carbocycles. The summed E-state index contributed by atoms with van der Waals surface area (Å²) >= 11 is 0. The number of hydrogen-bond donors (Lipinski definition) is 0. The van der Waals surface area contributed by atoms with Crippen molar-refractivity contribution in [3.8, 4) is 0 Å². The van der Waals surface area contributed by atoms with E-state index in [1.807, 2.05) is 0 Å². The van der Waals surface area contributed by atoms with Crippen molar-refractivity contribution in [1.82, 2.24) is 0 Å². The lowest BCUT2D eigenvalue weighted by molar-refractivity contribution is -0.104. The lowest BCUT2D eigenvalue weighted by atomic mass is 10.1. The first-order valence-corrected chi connectivity index (χ1v) is 4.34. The van der Waals surface area contributed by atoms with E-state index >= 15 is 0 Å². The first-order chi connectivity index (χ1) is 6.22. The van der Waals surface area contributed by atoms with Crippen molar-refractivity contribution in [2.24, 2.45) is 0 Å². The van der Waals surface area contributed by atoms with Crippen molar-refractivity contribution in [2.45, 2.75) is 45.4 Å². The Hall–Kier alpha value is -0.590. The molecule has 0 aromatic heterocycles. The van der Waals surface area contributed by atoms with Gasteiger partial charge in [-0.15, -0.1) is 0 Å². The minimum absolute atomic E-state index is 0.171. The van der Waals surface area contributed by atoms with Gasteiger partial charge >= 0.3 is 0 Å². The molecule has 0 atom stereocenters. The number of unbranched alkanes of at least 4 members (excludes halogenated alkanes) is 4. The van der Waals surface area contributed by atoms with Crippen LogP contribution >= 0.6 is 0 Å². The van der Waals surface area contributed by atoms with Crippen LogP contribution < -0.4 is 0 Å². The van der Waals surface area contributed by atoms with Gasteiger partial charge in [0.2, 0.25) is 0 Å². The molecule has 0 fully saturated rings. The molecule has 0 N–H and O–H groups in total. The van der Waals surface area contributed by atoms with E-state index in [4.69, 9.17) is 2.74 Å². The van der Waals surface area contributed by atoms with E-state index in [0.717, 1.165) is 12.8 Å².